The van der Waals surface area contributed by atoms with E-state index in [0.29, 0.717) is 5.56 Å². The zero-order chi connectivity index (χ0) is 18.1. The average Bonchev–Trinajstić information content (AvgIpc) is 3.00. The van der Waals surface area contributed by atoms with Crippen LogP contribution in [0.3, 0.4) is 0 Å². The van der Waals surface area contributed by atoms with Crippen LogP contribution in [0.1, 0.15) is 17.0 Å². The van der Waals surface area contributed by atoms with E-state index < -0.39 is 23.9 Å². The molecule has 132 valence electrons. The van der Waals surface area contributed by atoms with E-state index in [-0.39, 0.29) is 29.3 Å². The lowest BCUT2D eigenvalue weighted by Gasteiger charge is -2.43. The number of amides is 1. The maximum Gasteiger partial charge on any atom is 0.353 e. The number of carboxylic acid groups (broad SMARTS) is 1. The number of carbonyl (C=O) groups excluding carboxylic acids is 2. The number of hydrogen-bond donors (Lipinski definition) is 3. The van der Waals surface area contributed by atoms with Crippen molar-refractivity contribution in [3.63, 3.8) is 0 Å². The highest BCUT2D eigenvalue weighted by atomic mass is 32.2. The number of benzene rings is 1. The molecule has 1 saturated heterocycles. The topological polar surface area (TPSA) is 110 Å². The van der Waals surface area contributed by atoms with Gasteiger partial charge in [0, 0.05) is 11.2 Å². The number of fused-ring (bicyclic) bond motifs is 1. The number of β-lactam (4-membered cyclic amide) rings is 1. The zero-order valence-corrected chi connectivity index (χ0v) is 14.7. The molecule has 0 spiro atoms. The van der Waals surface area contributed by atoms with E-state index in [2.05, 4.69) is 12.6 Å². The summed E-state index contributed by atoms with van der Waals surface area (Å²) in [6.45, 7) is -0.00311. The molecule has 1 amide bonds. The van der Waals surface area contributed by atoms with E-state index in [1.807, 2.05) is 0 Å². The number of esters is 1. The summed E-state index contributed by atoms with van der Waals surface area (Å²) in [5.74, 6) is -2.24. The fourth-order valence-corrected chi connectivity index (χ4v) is 4.18. The molecule has 25 heavy (non-hydrogen) atoms. The van der Waals surface area contributed by atoms with Crippen molar-refractivity contribution in [2.75, 3.05) is 5.75 Å². The van der Waals surface area contributed by atoms with Gasteiger partial charge in [0.05, 0.1) is 5.92 Å². The van der Waals surface area contributed by atoms with Crippen molar-refractivity contribution in [2.45, 2.75) is 23.9 Å². The summed E-state index contributed by atoms with van der Waals surface area (Å²) in [7, 11) is 0. The van der Waals surface area contributed by atoms with Gasteiger partial charge in [0.15, 0.2) is 0 Å². The minimum absolute atomic E-state index is 0.0000819. The quantitative estimate of drug-likeness (QED) is 0.382. The number of rotatable bonds is 6. The van der Waals surface area contributed by atoms with E-state index in [1.165, 1.54) is 22.1 Å². The number of nitrogens with two attached hydrogens (primary N) is 1. The first kappa shape index (κ1) is 17.8. The Labute approximate surface area is 153 Å². The molecule has 7 nitrogen and oxygen atoms in total. The summed E-state index contributed by atoms with van der Waals surface area (Å²) in [6, 6.07) is 6.34. The van der Waals surface area contributed by atoms with Crippen LogP contribution in [0, 0.1) is 0 Å². The maximum absolute atomic E-state index is 12.5. The number of aliphatic carboxylic acids is 1. The molecule has 0 bridgehead atoms. The van der Waals surface area contributed by atoms with Gasteiger partial charge in [0.1, 0.15) is 23.7 Å². The predicted octanol–water partition coefficient (Wildman–Crippen LogP) is 0.912. The number of thiol groups is 1. The van der Waals surface area contributed by atoms with Gasteiger partial charge in [-0.25, -0.2) is 4.79 Å². The molecule has 3 N–H and O–H groups in total. The SMILES string of the molecule is NC(CS)C(=O)OCc1ccccc1C1C(=O)N2C(C(=O)O)=CS[C@@H]12. The van der Waals surface area contributed by atoms with Crippen molar-refractivity contribution in [1.29, 1.82) is 0 Å². The Balaban J connectivity index is 1.76. The lowest BCUT2D eigenvalue weighted by atomic mass is 9.86. The molecule has 9 heteroatoms. The molecule has 2 unspecified atom stereocenters. The first-order valence-electron chi connectivity index (χ1n) is 7.48. The molecule has 2 aliphatic heterocycles. The fourth-order valence-electron chi connectivity index (χ4n) is 2.79. The summed E-state index contributed by atoms with van der Waals surface area (Å²) < 4.78 is 5.19. The van der Waals surface area contributed by atoms with Gasteiger partial charge in [0.25, 0.3) is 0 Å². The molecule has 1 aromatic carbocycles. The second-order valence-corrected chi connectivity index (χ2v) is 6.97. The summed E-state index contributed by atoms with van der Waals surface area (Å²) in [5, 5.41) is 10.3. The molecule has 1 aromatic rings. The summed E-state index contributed by atoms with van der Waals surface area (Å²) in [4.78, 5) is 36.7. The lowest BCUT2D eigenvalue weighted by Crippen LogP contribution is -2.55. The van der Waals surface area contributed by atoms with Crippen molar-refractivity contribution in [1.82, 2.24) is 4.90 Å². The van der Waals surface area contributed by atoms with Crippen molar-refractivity contribution in [2.24, 2.45) is 5.73 Å². The van der Waals surface area contributed by atoms with Crippen LogP contribution in [-0.4, -0.2) is 45.0 Å². The normalized spacial score (nSPS) is 22.7. The molecule has 0 radical (unpaired) electrons. The third-order valence-electron chi connectivity index (χ3n) is 4.10. The molecule has 3 atom stereocenters. The third-order valence-corrected chi connectivity index (χ3v) is 5.61. The van der Waals surface area contributed by atoms with Gasteiger partial charge < -0.3 is 15.6 Å². The van der Waals surface area contributed by atoms with E-state index in [9.17, 15) is 14.4 Å². The van der Waals surface area contributed by atoms with E-state index in [0.717, 1.165) is 5.56 Å². The largest absolute Gasteiger partial charge is 0.477 e. The number of nitrogens with zero attached hydrogens (tertiary/aromatic N) is 1. The smallest absolute Gasteiger partial charge is 0.353 e. The Kier molecular flexibility index (Phi) is 5.07. The van der Waals surface area contributed by atoms with E-state index >= 15 is 0 Å². The standard InChI is InChI=1S/C16H16N2O5S2/c17-10(6-24)16(22)23-5-8-3-1-2-4-9(8)12-13(19)18-11(15(20)21)7-25-14(12)18/h1-4,7,10,12,14,24H,5-6,17H2,(H,20,21)/t10?,12?,14-/m0/s1. The molecule has 0 aliphatic carbocycles. The maximum atomic E-state index is 12.5. The van der Waals surface area contributed by atoms with Crippen molar-refractivity contribution >= 4 is 42.2 Å². The summed E-state index contributed by atoms with van der Waals surface area (Å²) >= 11 is 5.26. The molecular weight excluding hydrogens is 364 g/mol. The van der Waals surface area contributed by atoms with E-state index in [4.69, 9.17) is 15.6 Å². The number of carboxylic acids is 1. The number of thioether (sulfide) groups is 1. The molecule has 0 saturated carbocycles. The molecule has 3 rings (SSSR count). The van der Waals surface area contributed by atoms with E-state index in [1.54, 1.807) is 24.3 Å². The first-order valence-corrected chi connectivity index (χ1v) is 9.06. The van der Waals surface area contributed by atoms with Crippen molar-refractivity contribution in [3.05, 3.63) is 46.5 Å². The summed E-state index contributed by atoms with van der Waals surface area (Å²) in [6.07, 6.45) is 0. The van der Waals surface area contributed by atoms with Crippen molar-refractivity contribution in [3.8, 4) is 0 Å². The van der Waals surface area contributed by atoms with Crippen LogP contribution in [0.5, 0.6) is 0 Å². The summed E-state index contributed by atoms with van der Waals surface area (Å²) in [5.41, 5.74) is 7.00. The van der Waals surface area contributed by atoms with Gasteiger partial charge in [0.2, 0.25) is 5.91 Å². The average molecular weight is 380 g/mol. The highest BCUT2D eigenvalue weighted by Gasteiger charge is 2.54. The van der Waals surface area contributed by atoms with Gasteiger partial charge in [-0.15, -0.1) is 11.8 Å². The Hall–Kier alpha value is -1.97. The number of hydrogen-bond acceptors (Lipinski definition) is 7. The van der Waals surface area contributed by atoms with Gasteiger partial charge in [-0.1, -0.05) is 24.3 Å². The van der Waals surface area contributed by atoms with Crippen LogP contribution in [0.4, 0.5) is 0 Å². The van der Waals surface area contributed by atoms with Crippen LogP contribution in [0.15, 0.2) is 35.4 Å². The molecule has 2 heterocycles. The van der Waals surface area contributed by atoms with Gasteiger partial charge in [-0.2, -0.15) is 12.6 Å². The molecular formula is C16H16N2O5S2. The van der Waals surface area contributed by atoms with Crippen LogP contribution >= 0.6 is 24.4 Å². The van der Waals surface area contributed by atoms with Crippen LogP contribution in [0.25, 0.3) is 0 Å². The van der Waals surface area contributed by atoms with Crippen molar-refractivity contribution < 1.29 is 24.2 Å². The van der Waals surface area contributed by atoms with Crippen LogP contribution in [0.2, 0.25) is 0 Å². The highest BCUT2D eigenvalue weighted by molar-refractivity contribution is 8.03. The predicted molar refractivity (Wildman–Crippen MR) is 94.8 cm³/mol. The van der Waals surface area contributed by atoms with Crippen LogP contribution in [-0.2, 0) is 25.7 Å². The molecule has 2 aliphatic rings. The highest BCUT2D eigenvalue weighted by Crippen LogP contribution is 2.50. The monoisotopic (exact) mass is 380 g/mol. The number of ether oxygens (including phenoxy) is 1. The number of carbonyl (C=O) groups is 3. The molecule has 0 aromatic heterocycles. The Morgan fingerprint density at radius 1 is 1.40 bits per heavy atom. The Bertz CT molecular complexity index is 767. The third kappa shape index (κ3) is 3.14. The van der Waals surface area contributed by atoms with Crippen LogP contribution < -0.4 is 5.73 Å². The minimum Gasteiger partial charge on any atom is -0.477 e. The zero-order valence-electron chi connectivity index (χ0n) is 13.0. The second kappa shape index (κ2) is 7.11. The second-order valence-electron chi connectivity index (χ2n) is 5.62. The fraction of sp³-hybridized carbons (Fsp3) is 0.312. The van der Waals surface area contributed by atoms with Gasteiger partial charge in [-0.3, -0.25) is 14.5 Å². The van der Waals surface area contributed by atoms with Gasteiger partial charge >= 0.3 is 11.9 Å². The minimum atomic E-state index is -1.12. The Morgan fingerprint density at radius 3 is 2.80 bits per heavy atom. The van der Waals surface area contributed by atoms with Gasteiger partial charge in [-0.05, 0) is 11.1 Å². The molecule has 1 fully saturated rings. The first-order chi connectivity index (χ1) is 12.0. The Morgan fingerprint density at radius 2 is 2.12 bits per heavy atom. The lowest BCUT2D eigenvalue weighted by molar-refractivity contribution is -0.147.